The number of hydrogen-bond acceptors (Lipinski definition) is 3. The largest absolute Gasteiger partial charge is 0.507 e. The van der Waals surface area contributed by atoms with Crippen molar-refractivity contribution in [1.29, 1.82) is 0 Å². The van der Waals surface area contributed by atoms with E-state index in [0.717, 1.165) is 27.7 Å². The van der Waals surface area contributed by atoms with Gasteiger partial charge in [0.15, 0.2) is 0 Å². The number of anilines is 2. The summed E-state index contributed by atoms with van der Waals surface area (Å²) >= 11 is 3.32. The van der Waals surface area contributed by atoms with Gasteiger partial charge in [-0.1, -0.05) is 22.0 Å². The molecule has 0 saturated heterocycles. The molecular weight excluding hydrogens is 332 g/mol. The van der Waals surface area contributed by atoms with Crippen LogP contribution in [0.4, 0.5) is 11.4 Å². The van der Waals surface area contributed by atoms with Crippen molar-refractivity contribution in [2.75, 3.05) is 17.2 Å². The standard InChI is InChI=1S/C16H15BrN2O2/c1-9-6-10-4-5-19(14(10)8-13(9)18)16(21)12-7-11(17)2-3-15(12)20/h2-3,6-8,20H,4-5,18H2,1H3. The van der Waals surface area contributed by atoms with Crippen molar-refractivity contribution in [3.8, 4) is 5.75 Å². The molecule has 21 heavy (non-hydrogen) atoms. The summed E-state index contributed by atoms with van der Waals surface area (Å²) in [4.78, 5) is 14.4. The highest BCUT2D eigenvalue weighted by Crippen LogP contribution is 2.34. The molecule has 0 fully saturated rings. The molecule has 0 unspecified atom stereocenters. The van der Waals surface area contributed by atoms with E-state index in [2.05, 4.69) is 15.9 Å². The van der Waals surface area contributed by atoms with Gasteiger partial charge in [-0.25, -0.2) is 0 Å². The molecule has 0 saturated carbocycles. The Kier molecular flexibility index (Phi) is 3.37. The normalized spacial score (nSPS) is 13.3. The lowest BCUT2D eigenvalue weighted by Gasteiger charge is -2.19. The van der Waals surface area contributed by atoms with Crippen molar-refractivity contribution in [2.24, 2.45) is 0 Å². The van der Waals surface area contributed by atoms with Crippen LogP contribution in [0.25, 0.3) is 0 Å². The van der Waals surface area contributed by atoms with E-state index >= 15 is 0 Å². The zero-order valence-electron chi connectivity index (χ0n) is 11.6. The van der Waals surface area contributed by atoms with Crippen LogP contribution in [0.5, 0.6) is 5.75 Å². The van der Waals surface area contributed by atoms with Gasteiger partial charge < -0.3 is 15.7 Å². The average molecular weight is 347 g/mol. The molecule has 1 aliphatic rings. The highest BCUT2D eigenvalue weighted by Gasteiger charge is 2.27. The molecule has 3 N–H and O–H groups in total. The fourth-order valence-corrected chi connectivity index (χ4v) is 2.97. The van der Waals surface area contributed by atoms with Crippen molar-refractivity contribution in [1.82, 2.24) is 0 Å². The number of halogens is 1. The van der Waals surface area contributed by atoms with Crippen LogP contribution in [-0.4, -0.2) is 17.6 Å². The summed E-state index contributed by atoms with van der Waals surface area (Å²) in [5.41, 5.74) is 9.89. The van der Waals surface area contributed by atoms with Crippen LogP contribution in [0.2, 0.25) is 0 Å². The lowest BCUT2D eigenvalue weighted by Crippen LogP contribution is -2.29. The molecule has 0 spiro atoms. The summed E-state index contributed by atoms with van der Waals surface area (Å²) in [6.07, 6.45) is 0.803. The number of nitrogens with two attached hydrogens (primary N) is 1. The molecule has 0 bridgehead atoms. The summed E-state index contributed by atoms with van der Waals surface area (Å²) in [5, 5.41) is 9.92. The predicted octanol–water partition coefficient (Wildman–Crippen LogP) is 3.25. The smallest absolute Gasteiger partial charge is 0.262 e. The monoisotopic (exact) mass is 346 g/mol. The Morgan fingerprint density at radius 3 is 2.86 bits per heavy atom. The molecule has 1 amide bonds. The maximum Gasteiger partial charge on any atom is 0.262 e. The molecule has 0 aliphatic carbocycles. The fraction of sp³-hybridized carbons (Fsp3) is 0.188. The van der Waals surface area contributed by atoms with Crippen LogP contribution in [0, 0.1) is 6.92 Å². The maximum absolute atomic E-state index is 12.7. The topological polar surface area (TPSA) is 66.6 Å². The first-order valence-electron chi connectivity index (χ1n) is 6.67. The van der Waals surface area contributed by atoms with E-state index in [4.69, 9.17) is 5.73 Å². The SMILES string of the molecule is Cc1cc2c(cc1N)N(C(=O)c1cc(Br)ccc1O)CC2. The fourth-order valence-electron chi connectivity index (χ4n) is 2.61. The van der Waals surface area contributed by atoms with E-state index in [0.29, 0.717) is 12.2 Å². The first-order chi connectivity index (χ1) is 9.97. The number of benzene rings is 2. The van der Waals surface area contributed by atoms with Crippen LogP contribution >= 0.6 is 15.9 Å². The van der Waals surface area contributed by atoms with Gasteiger partial charge in [0.1, 0.15) is 5.75 Å². The maximum atomic E-state index is 12.7. The summed E-state index contributed by atoms with van der Waals surface area (Å²) in [6, 6.07) is 8.71. The van der Waals surface area contributed by atoms with Crippen molar-refractivity contribution in [2.45, 2.75) is 13.3 Å². The number of phenolic OH excluding ortho intramolecular Hbond substituents is 1. The molecule has 2 aromatic carbocycles. The Morgan fingerprint density at radius 2 is 2.10 bits per heavy atom. The second kappa shape index (κ2) is 5.07. The molecule has 0 aromatic heterocycles. The minimum atomic E-state index is -0.212. The van der Waals surface area contributed by atoms with Crippen LogP contribution in [0.15, 0.2) is 34.8 Å². The second-order valence-corrected chi connectivity index (χ2v) is 6.12. The van der Waals surface area contributed by atoms with Gasteiger partial charge in [-0.3, -0.25) is 4.79 Å². The molecule has 0 atom stereocenters. The van der Waals surface area contributed by atoms with Gasteiger partial charge in [-0.2, -0.15) is 0 Å². The zero-order chi connectivity index (χ0) is 15.1. The lowest BCUT2D eigenvalue weighted by molar-refractivity contribution is 0.0987. The number of carbonyl (C=O) groups excluding carboxylic acids is 1. The van der Waals surface area contributed by atoms with Crippen molar-refractivity contribution in [3.05, 3.63) is 51.5 Å². The number of aromatic hydroxyl groups is 1. The molecule has 3 rings (SSSR count). The van der Waals surface area contributed by atoms with Gasteiger partial charge >= 0.3 is 0 Å². The first-order valence-corrected chi connectivity index (χ1v) is 7.46. The minimum absolute atomic E-state index is 0.0169. The summed E-state index contributed by atoms with van der Waals surface area (Å²) in [7, 11) is 0. The number of phenols is 1. The number of aryl methyl sites for hydroxylation is 1. The van der Waals surface area contributed by atoms with E-state index in [1.807, 2.05) is 19.1 Å². The van der Waals surface area contributed by atoms with E-state index < -0.39 is 0 Å². The quantitative estimate of drug-likeness (QED) is 0.779. The Bertz CT molecular complexity index is 743. The molecule has 2 aromatic rings. The number of nitrogens with zero attached hydrogens (tertiary/aromatic N) is 1. The Hall–Kier alpha value is -2.01. The number of fused-ring (bicyclic) bond motifs is 1. The molecule has 108 valence electrons. The third-order valence-corrected chi connectivity index (χ3v) is 4.29. The third-order valence-electron chi connectivity index (χ3n) is 3.80. The van der Waals surface area contributed by atoms with Gasteiger partial charge in [0.2, 0.25) is 0 Å². The zero-order valence-corrected chi connectivity index (χ0v) is 13.1. The van der Waals surface area contributed by atoms with E-state index in [9.17, 15) is 9.90 Å². The molecule has 0 radical (unpaired) electrons. The van der Waals surface area contributed by atoms with Crippen LogP contribution in [-0.2, 0) is 6.42 Å². The van der Waals surface area contributed by atoms with Gasteiger partial charge in [-0.15, -0.1) is 0 Å². The summed E-state index contributed by atoms with van der Waals surface area (Å²) in [5.74, 6) is -0.229. The van der Waals surface area contributed by atoms with Gasteiger partial charge in [0, 0.05) is 22.4 Å². The number of nitrogen functional groups attached to an aromatic ring is 1. The van der Waals surface area contributed by atoms with Gasteiger partial charge in [-0.05, 0) is 48.7 Å². The molecule has 1 heterocycles. The predicted molar refractivity (Wildman–Crippen MR) is 86.8 cm³/mol. The molecule has 1 aliphatic heterocycles. The Balaban J connectivity index is 2.02. The highest BCUT2D eigenvalue weighted by molar-refractivity contribution is 9.10. The van der Waals surface area contributed by atoms with Crippen LogP contribution < -0.4 is 10.6 Å². The van der Waals surface area contributed by atoms with E-state index in [1.165, 1.54) is 6.07 Å². The summed E-state index contributed by atoms with van der Waals surface area (Å²) in [6.45, 7) is 2.56. The van der Waals surface area contributed by atoms with Crippen molar-refractivity contribution in [3.63, 3.8) is 0 Å². The Morgan fingerprint density at radius 1 is 1.33 bits per heavy atom. The minimum Gasteiger partial charge on any atom is -0.507 e. The van der Waals surface area contributed by atoms with Crippen LogP contribution in [0.3, 0.4) is 0 Å². The van der Waals surface area contributed by atoms with Crippen LogP contribution in [0.1, 0.15) is 21.5 Å². The molecular formula is C16H15BrN2O2. The number of amides is 1. The third kappa shape index (κ3) is 2.38. The lowest BCUT2D eigenvalue weighted by atomic mass is 10.1. The average Bonchev–Trinajstić information content (AvgIpc) is 2.84. The second-order valence-electron chi connectivity index (χ2n) is 5.21. The van der Waals surface area contributed by atoms with E-state index in [1.54, 1.807) is 17.0 Å². The van der Waals surface area contributed by atoms with Gasteiger partial charge in [0.05, 0.1) is 5.56 Å². The van der Waals surface area contributed by atoms with Crippen molar-refractivity contribution < 1.29 is 9.90 Å². The number of rotatable bonds is 1. The summed E-state index contributed by atoms with van der Waals surface area (Å²) < 4.78 is 0.756. The van der Waals surface area contributed by atoms with E-state index in [-0.39, 0.29) is 17.2 Å². The highest BCUT2D eigenvalue weighted by atomic mass is 79.9. The van der Waals surface area contributed by atoms with Gasteiger partial charge in [0.25, 0.3) is 5.91 Å². The first kappa shape index (κ1) is 13.9. The number of hydrogen-bond donors (Lipinski definition) is 2. The molecule has 4 nitrogen and oxygen atoms in total. The molecule has 5 heteroatoms. The van der Waals surface area contributed by atoms with Crippen molar-refractivity contribution >= 4 is 33.2 Å². The Labute approximate surface area is 131 Å². The number of carbonyl (C=O) groups is 1.